The molecule has 5 heteroatoms. The maximum Gasteiger partial charge on any atom is 0.357 e. The summed E-state index contributed by atoms with van der Waals surface area (Å²) >= 11 is 0. The van der Waals surface area contributed by atoms with Crippen LogP contribution in [-0.2, 0) is 6.42 Å². The third kappa shape index (κ3) is 1.85. The second kappa shape index (κ2) is 4.20. The molecule has 3 rings (SSSR count). The van der Waals surface area contributed by atoms with Gasteiger partial charge in [-0.2, -0.15) is 4.98 Å². The first-order chi connectivity index (χ1) is 9.16. The molecule has 19 heavy (non-hydrogen) atoms. The number of aromatic nitrogens is 1. The van der Waals surface area contributed by atoms with Crippen LogP contribution in [0.5, 0.6) is 0 Å². The molecule has 2 aromatic rings. The van der Waals surface area contributed by atoms with Crippen LogP contribution in [0.1, 0.15) is 32.3 Å². The SMILES string of the molecule is O=C(O)c1coc(C(=O)C2=CCc3ccccc32)n1. The first-order valence-corrected chi connectivity index (χ1v) is 5.69. The number of rotatable bonds is 3. The zero-order valence-corrected chi connectivity index (χ0v) is 9.79. The summed E-state index contributed by atoms with van der Waals surface area (Å²) in [5.41, 5.74) is 2.16. The first-order valence-electron chi connectivity index (χ1n) is 5.69. The van der Waals surface area contributed by atoms with Crippen LogP contribution in [0.25, 0.3) is 5.57 Å². The first kappa shape index (κ1) is 11.4. The average molecular weight is 255 g/mol. The molecule has 1 aromatic heterocycles. The third-order valence-corrected chi connectivity index (χ3v) is 3.00. The van der Waals surface area contributed by atoms with Crippen molar-refractivity contribution >= 4 is 17.3 Å². The van der Waals surface area contributed by atoms with Crippen LogP contribution in [0, 0.1) is 0 Å². The fourth-order valence-electron chi connectivity index (χ4n) is 2.09. The van der Waals surface area contributed by atoms with Crippen LogP contribution in [0.4, 0.5) is 0 Å². The number of carbonyl (C=O) groups is 2. The number of Topliss-reactive ketones (excluding diaryl/α,β-unsaturated/α-hetero) is 1. The Kier molecular flexibility index (Phi) is 2.52. The Hall–Kier alpha value is -2.69. The molecular formula is C14H9NO4. The minimum Gasteiger partial charge on any atom is -0.476 e. The summed E-state index contributed by atoms with van der Waals surface area (Å²) in [6.45, 7) is 0. The van der Waals surface area contributed by atoms with Gasteiger partial charge in [-0.05, 0) is 17.5 Å². The van der Waals surface area contributed by atoms with Crippen LogP contribution < -0.4 is 0 Å². The van der Waals surface area contributed by atoms with Crippen molar-refractivity contribution in [1.29, 1.82) is 0 Å². The number of hydrogen-bond acceptors (Lipinski definition) is 4. The van der Waals surface area contributed by atoms with Crippen LogP contribution in [-0.4, -0.2) is 21.8 Å². The van der Waals surface area contributed by atoms with Crippen molar-refractivity contribution in [3.63, 3.8) is 0 Å². The molecule has 0 unspecified atom stereocenters. The molecule has 0 amide bonds. The molecule has 1 aromatic carbocycles. The van der Waals surface area contributed by atoms with E-state index in [9.17, 15) is 9.59 Å². The summed E-state index contributed by atoms with van der Waals surface area (Å²) in [6, 6.07) is 7.56. The number of hydrogen-bond donors (Lipinski definition) is 1. The molecule has 0 radical (unpaired) electrons. The number of allylic oxidation sites excluding steroid dienone is 2. The van der Waals surface area contributed by atoms with E-state index in [4.69, 9.17) is 9.52 Å². The van der Waals surface area contributed by atoms with Crippen molar-refractivity contribution in [3.8, 4) is 0 Å². The molecule has 0 bridgehead atoms. The van der Waals surface area contributed by atoms with Gasteiger partial charge >= 0.3 is 5.97 Å². The molecule has 94 valence electrons. The van der Waals surface area contributed by atoms with Crippen LogP contribution in [0.3, 0.4) is 0 Å². The molecule has 0 atom stereocenters. The van der Waals surface area contributed by atoms with Crippen molar-refractivity contribution < 1.29 is 19.1 Å². The Morgan fingerprint density at radius 1 is 1.26 bits per heavy atom. The molecule has 0 aliphatic heterocycles. The normalized spacial score (nSPS) is 12.9. The van der Waals surface area contributed by atoms with E-state index >= 15 is 0 Å². The van der Waals surface area contributed by atoms with Crippen molar-refractivity contribution in [1.82, 2.24) is 4.98 Å². The number of nitrogens with zero attached hydrogens (tertiary/aromatic N) is 1. The predicted molar refractivity (Wildman–Crippen MR) is 65.9 cm³/mol. The zero-order valence-electron chi connectivity index (χ0n) is 9.79. The van der Waals surface area contributed by atoms with Crippen molar-refractivity contribution in [2.24, 2.45) is 0 Å². The standard InChI is InChI=1S/C14H9NO4/c16-12(13-15-11(7-19-13)14(17)18)10-6-5-8-3-1-2-4-9(8)10/h1-4,6-7H,5H2,(H,17,18). The Balaban J connectivity index is 1.95. The quantitative estimate of drug-likeness (QED) is 0.850. The minimum absolute atomic E-state index is 0.194. The topological polar surface area (TPSA) is 80.4 Å². The molecule has 1 heterocycles. The van der Waals surface area contributed by atoms with Gasteiger partial charge in [0.2, 0.25) is 5.78 Å². The second-order valence-electron chi connectivity index (χ2n) is 4.15. The lowest BCUT2D eigenvalue weighted by Gasteiger charge is -2.01. The molecule has 1 aliphatic rings. The van der Waals surface area contributed by atoms with Gasteiger partial charge in [0.15, 0.2) is 5.69 Å². The van der Waals surface area contributed by atoms with Crippen LogP contribution in [0.15, 0.2) is 41.0 Å². The van der Waals surface area contributed by atoms with E-state index in [1.807, 2.05) is 24.3 Å². The zero-order chi connectivity index (χ0) is 13.4. The Morgan fingerprint density at radius 2 is 2.05 bits per heavy atom. The van der Waals surface area contributed by atoms with E-state index < -0.39 is 11.8 Å². The Labute approximate surface area is 108 Å². The van der Waals surface area contributed by atoms with Gasteiger partial charge in [-0.1, -0.05) is 30.3 Å². The van der Waals surface area contributed by atoms with E-state index in [1.54, 1.807) is 6.08 Å². The lowest BCUT2D eigenvalue weighted by Crippen LogP contribution is -2.04. The van der Waals surface area contributed by atoms with Gasteiger partial charge in [-0.25, -0.2) is 4.79 Å². The van der Waals surface area contributed by atoms with Crippen molar-refractivity contribution in [2.45, 2.75) is 6.42 Å². The summed E-state index contributed by atoms with van der Waals surface area (Å²) in [7, 11) is 0. The van der Waals surface area contributed by atoms with Gasteiger partial charge in [0.1, 0.15) is 6.26 Å². The molecule has 0 spiro atoms. The lowest BCUT2D eigenvalue weighted by atomic mass is 10.0. The van der Waals surface area contributed by atoms with Crippen LogP contribution in [0.2, 0.25) is 0 Å². The number of carboxylic acids is 1. The monoisotopic (exact) mass is 255 g/mol. The largest absolute Gasteiger partial charge is 0.476 e. The highest BCUT2D eigenvalue weighted by molar-refractivity contribution is 6.28. The molecule has 5 nitrogen and oxygen atoms in total. The van der Waals surface area contributed by atoms with E-state index in [2.05, 4.69) is 4.98 Å². The number of fused-ring (bicyclic) bond motifs is 1. The molecule has 1 N–H and O–H groups in total. The summed E-state index contributed by atoms with van der Waals surface area (Å²) in [5, 5.41) is 8.75. The molecule has 0 saturated heterocycles. The van der Waals surface area contributed by atoms with E-state index in [-0.39, 0.29) is 11.6 Å². The number of aromatic carboxylic acids is 1. The van der Waals surface area contributed by atoms with Gasteiger partial charge in [0.25, 0.3) is 5.89 Å². The summed E-state index contributed by atoms with van der Waals surface area (Å²) < 4.78 is 4.93. The van der Waals surface area contributed by atoms with Gasteiger partial charge < -0.3 is 9.52 Å². The summed E-state index contributed by atoms with van der Waals surface area (Å²) in [6.07, 6.45) is 3.46. The number of ketones is 1. The highest BCUT2D eigenvalue weighted by atomic mass is 16.4. The van der Waals surface area contributed by atoms with E-state index in [1.165, 1.54) is 0 Å². The van der Waals surface area contributed by atoms with Gasteiger partial charge in [0.05, 0.1) is 0 Å². The summed E-state index contributed by atoms with van der Waals surface area (Å²) in [4.78, 5) is 26.6. The fraction of sp³-hybridized carbons (Fsp3) is 0.0714. The fourth-order valence-corrected chi connectivity index (χ4v) is 2.09. The predicted octanol–water partition coefficient (Wildman–Crippen LogP) is 2.20. The highest BCUT2D eigenvalue weighted by Gasteiger charge is 2.25. The summed E-state index contributed by atoms with van der Waals surface area (Å²) in [5.74, 6) is -1.80. The molecule has 0 saturated carbocycles. The van der Waals surface area contributed by atoms with Crippen molar-refractivity contribution in [2.75, 3.05) is 0 Å². The maximum absolute atomic E-state index is 12.2. The third-order valence-electron chi connectivity index (χ3n) is 3.00. The minimum atomic E-state index is -1.22. The number of oxazole rings is 1. The highest BCUT2D eigenvalue weighted by Crippen LogP contribution is 2.29. The van der Waals surface area contributed by atoms with Crippen LogP contribution >= 0.6 is 0 Å². The molecule has 1 aliphatic carbocycles. The molecular weight excluding hydrogens is 246 g/mol. The van der Waals surface area contributed by atoms with Gasteiger partial charge in [-0.15, -0.1) is 0 Å². The molecule has 0 fully saturated rings. The van der Waals surface area contributed by atoms with Gasteiger partial charge in [0, 0.05) is 5.57 Å². The number of benzene rings is 1. The van der Waals surface area contributed by atoms with E-state index in [0.717, 1.165) is 17.4 Å². The van der Waals surface area contributed by atoms with Gasteiger partial charge in [-0.3, -0.25) is 4.79 Å². The Morgan fingerprint density at radius 3 is 2.79 bits per heavy atom. The second-order valence-corrected chi connectivity index (χ2v) is 4.15. The lowest BCUT2D eigenvalue weighted by molar-refractivity contribution is 0.0690. The number of carbonyl (C=O) groups excluding carboxylic acids is 1. The average Bonchev–Trinajstić information content (AvgIpc) is 3.05. The maximum atomic E-state index is 12.2. The smallest absolute Gasteiger partial charge is 0.357 e. The Bertz CT molecular complexity index is 712. The number of carboxylic acid groups (broad SMARTS) is 1. The van der Waals surface area contributed by atoms with E-state index in [0.29, 0.717) is 12.0 Å². The van der Waals surface area contributed by atoms with Crippen molar-refractivity contribution in [3.05, 3.63) is 59.3 Å².